The molecule has 1 aromatic rings. The third kappa shape index (κ3) is 3.97. The maximum absolute atomic E-state index is 6.00. The highest BCUT2D eigenvalue weighted by Gasteiger charge is 2.27. The van der Waals surface area contributed by atoms with Crippen molar-refractivity contribution in [1.29, 1.82) is 0 Å². The molecule has 0 amide bonds. The summed E-state index contributed by atoms with van der Waals surface area (Å²) in [6, 6.07) is 7.84. The molecule has 0 saturated heterocycles. The second kappa shape index (κ2) is 7.65. The number of benzene rings is 1. The van der Waals surface area contributed by atoms with Crippen LogP contribution >= 0.6 is 11.6 Å². The van der Waals surface area contributed by atoms with E-state index >= 15 is 0 Å². The molecule has 1 aromatic carbocycles. The van der Waals surface area contributed by atoms with Crippen LogP contribution in [0.3, 0.4) is 0 Å². The number of rotatable bonds is 8. The average molecular weight is 294 g/mol. The first-order chi connectivity index (χ1) is 9.74. The molecule has 110 valence electrons. The van der Waals surface area contributed by atoms with Gasteiger partial charge in [-0.05, 0) is 44.5 Å². The van der Waals surface area contributed by atoms with E-state index in [-0.39, 0.29) is 6.17 Å². The molecule has 1 aliphatic heterocycles. The first kappa shape index (κ1) is 15.3. The monoisotopic (exact) mass is 293 g/mol. The van der Waals surface area contributed by atoms with Gasteiger partial charge in [-0.3, -0.25) is 0 Å². The number of halogens is 1. The third-order valence-corrected chi connectivity index (χ3v) is 3.98. The minimum atomic E-state index is 0.261. The Balaban J connectivity index is 1.86. The lowest BCUT2D eigenvalue weighted by molar-refractivity contribution is 0.337. The van der Waals surface area contributed by atoms with Gasteiger partial charge in [-0.2, -0.15) is 0 Å². The van der Waals surface area contributed by atoms with Crippen LogP contribution in [0, 0.1) is 5.92 Å². The number of hydrogen-bond acceptors (Lipinski definition) is 3. The molecule has 2 unspecified atom stereocenters. The Morgan fingerprint density at radius 2 is 2.15 bits per heavy atom. The normalized spacial score (nSPS) is 18.9. The van der Waals surface area contributed by atoms with Gasteiger partial charge in [0, 0.05) is 16.5 Å². The zero-order valence-corrected chi connectivity index (χ0v) is 13.1. The van der Waals surface area contributed by atoms with E-state index in [1.54, 1.807) is 0 Å². The van der Waals surface area contributed by atoms with Crippen molar-refractivity contribution in [1.82, 2.24) is 10.6 Å². The zero-order chi connectivity index (χ0) is 14.4. The predicted molar refractivity (Wildman–Crippen MR) is 86.5 cm³/mol. The molecule has 4 heteroatoms. The molecule has 2 atom stereocenters. The second-order valence-electron chi connectivity index (χ2n) is 5.28. The predicted octanol–water partition coefficient (Wildman–Crippen LogP) is 3.43. The lowest BCUT2D eigenvalue weighted by Gasteiger charge is -2.33. The lowest BCUT2D eigenvalue weighted by Crippen LogP contribution is -2.49. The Morgan fingerprint density at radius 1 is 1.35 bits per heavy atom. The minimum Gasteiger partial charge on any atom is -0.348 e. The molecule has 0 aromatic heterocycles. The van der Waals surface area contributed by atoms with Crippen molar-refractivity contribution < 1.29 is 0 Å². The molecule has 3 nitrogen and oxygen atoms in total. The molecule has 0 aliphatic carbocycles. The van der Waals surface area contributed by atoms with E-state index < -0.39 is 0 Å². The van der Waals surface area contributed by atoms with Crippen LogP contribution in [0.2, 0.25) is 5.02 Å². The van der Waals surface area contributed by atoms with Crippen molar-refractivity contribution in [3.8, 4) is 0 Å². The minimum absolute atomic E-state index is 0.261. The van der Waals surface area contributed by atoms with Crippen LogP contribution in [0.15, 0.2) is 29.3 Å². The second-order valence-corrected chi connectivity index (χ2v) is 5.72. The summed E-state index contributed by atoms with van der Waals surface area (Å²) < 4.78 is 0. The van der Waals surface area contributed by atoms with Crippen molar-refractivity contribution >= 4 is 17.4 Å². The van der Waals surface area contributed by atoms with Gasteiger partial charge in [0.2, 0.25) is 0 Å². The van der Waals surface area contributed by atoms with E-state index in [4.69, 9.17) is 16.6 Å². The molecule has 0 bridgehead atoms. The van der Waals surface area contributed by atoms with Crippen LogP contribution in [-0.4, -0.2) is 25.1 Å². The first-order valence-electron chi connectivity index (χ1n) is 7.55. The van der Waals surface area contributed by atoms with Crippen LogP contribution in [-0.2, 0) is 0 Å². The van der Waals surface area contributed by atoms with Gasteiger partial charge in [0.25, 0.3) is 0 Å². The fraction of sp³-hybridized carbons (Fsp3) is 0.562. The molecule has 20 heavy (non-hydrogen) atoms. The molecular formula is C16H24ClN3. The number of nitrogens with zero attached hydrogens (tertiary/aromatic N) is 1. The van der Waals surface area contributed by atoms with Gasteiger partial charge in [-0.25, -0.2) is 4.99 Å². The van der Waals surface area contributed by atoms with E-state index in [2.05, 4.69) is 24.5 Å². The van der Waals surface area contributed by atoms with Crippen molar-refractivity contribution in [2.45, 2.75) is 39.3 Å². The largest absolute Gasteiger partial charge is 0.348 e. The summed E-state index contributed by atoms with van der Waals surface area (Å²) in [7, 11) is 0. The maximum Gasteiger partial charge on any atom is 0.132 e. The molecular weight excluding hydrogens is 270 g/mol. The highest BCUT2D eigenvalue weighted by atomic mass is 35.5. The van der Waals surface area contributed by atoms with Gasteiger partial charge in [0.1, 0.15) is 12.0 Å². The maximum atomic E-state index is 6.00. The Bertz CT molecular complexity index is 459. The Morgan fingerprint density at radius 3 is 2.80 bits per heavy atom. The summed E-state index contributed by atoms with van der Waals surface area (Å²) in [5, 5.41) is 7.69. The Kier molecular flexibility index (Phi) is 5.86. The molecule has 2 N–H and O–H groups in total. The molecule has 1 heterocycles. The van der Waals surface area contributed by atoms with Gasteiger partial charge in [-0.15, -0.1) is 0 Å². The van der Waals surface area contributed by atoms with Gasteiger partial charge >= 0.3 is 0 Å². The van der Waals surface area contributed by atoms with E-state index in [1.807, 2.05) is 24.3 Å². The van der Waals surface area contributed by atoms with Gasteiger partial charge < -0.3 is 10.6 Å². The topological polar surface area (TPSA) is 36.4 Å². The van der Waals surface area contributed by atoms with Gasteiger partial charge in [0.05, 0.1) is 0 Å². The van der Waals surface area contributed by atoms with Crippen LogP contribution in [0.5, 0.6) is 0 Å². The van der Waals surface area contributed by atoms with E-state index in [0.717, 1.165) is 35.9 Å². The number of aliphatic imine (C=N–C) groups is 1. The third-order valence-electron chi connectivity index (χ3n) is 3.74. The summed E-state index contributed by atoms with van der Waals surface area (Å²) in [5.74, 6) is 1.57. The molecule has 0 spiro atoms. The molecule has 0 saturated carbocycles. The fourth-order valence-electron chi connectivity index (χ4n) is 2.47. The fourth-order valence-corrected chi connectivity index (χ4v) is 2.66. The standard InChI is InChI=1S/C16H24ClN3/c1-3-9-18-10-8-12(4-2)15-19-16(20-15)13-6-5-7-14(17)11-13/h5-7,11-12,15,18H,3-4,8-10H2,1-2H3,(H,19,20). The summed E-state index contributed by atoms with van der Waals surface area (Å²) in [6.07, 6.45) is 3.77. The SMILES string of the molecule is CCCNCCC(CC)C1N=C(c2cccc(Cl)c2)N1. The van der Waals surface area contributed by atoms with Crippen molar-refractivity contribution in [2.75, 3.05) is 13.1 Å². The van der Waals surface area contributed by atoms with Crippen LogP contribution in [0.1, 0.15) is 38.7 Å². The van der Waals surface area contributed by atoms with Crippen LogP contribution < -0.4 is 10.6 Å². The molecule has 2 rings (SSSR count). The molecule has 0 fully saturated rings. The van der Waals surface area contributed by atoms with Crippen molar-refractivity contribution in [3.05, 3.63) is 34.9 Å². The first-order valence-corrected chi connectivity index (χ1v) is 7.93. The molecule has 0 radical (unpaired) electrons. The van der Waals surface area contributed by atoms with Crippen molar-refractivity contribution in [3.63, 3.8) is 0 Å². The highest BCUT2D eigenvalue weighted by molar-refractivity contribution is 6.31. The van der Waals surface area contributed by atoms with E-state index in [9.17, 15) is 0 Å². The van der Waals surface area contributed by atoms with Crippen LogP contribution in [0.25, 0.3) is 0 Å². The smallest absolute Gasteiger partial charge is 0.132 e. The highest BCUT2D eigenvalue weighted by Crippen LogP contribution is 2.22. The summed E-state index contributed by atoms with van der Waals surface area (Å²) in [6.45, 7) is 6.61. The zero-order valence-electron chi connectivity index (χ0n) is 12.3. The summed E-state index contributed by atoms with van der Waals surface area (Å²) in [5.41, 5.74) is 1.08. The number of hydrogen-bond donors (Lipinski definition) is 2. The number of amidine groups is 1. The molecule has 1 aliphatic rings. The van der Waals surface area contributed by atoms with E-state index in [0.29, 0.717) is 5.92 Å². The van der Waals surface area contributed by atoms with Crippen molar-refractivity contribution in [2.24, 2.45) is 10.9 Å². The Labute approximate surface area is 126 Å². The summed E-state index contributed by atoms with van der Waals surface area (Å²) in [4.78, 5) is 4.72. The Hall–Kier alpha value is -1.06. The van der Waals surface area contributed by atoms with Gasteiger partial charge in [-0.1, -0.05) is 37.6 Å². The average Bonchev–Trinajstić information content (AvgIpc) is 2.40. The van der Waals surface area contributed by atoms with Crippen LogP contribution in [0.4, 0.5) is 0 Å². The quantitative estimate of drug-likeness (QED) is 0.721. The lowest BCUT2D eigenvalue weighted by atomic mass is 9.96. The number of nitrogens with one attached hydrogen (secondary N) is 2. The van der Waals surface area contributed by atoms with E-state index in [1.165, 1.54) is 12.8 Å². The van der Waals surface area contributed by atoms with Gasteiger partial charge in [0.15, 0.2) is 0 Å². The summed E-state index contributed by atoms with van der Waals surface area (Å²) >= 11 is 6.00.